The van der Waals surface area contributed by atoms with Gasteiger partial charge in [-0.3, -0.25) is 5.21 Å². The Bertz CT molecular complexity index is 1190. The molecule has 0 bridgehead atoms. The molecule has 2 amide bonds. The number of urea groups is 1. The highest BCUT2D eigenvalue weighted by molar-refractivity contribution is 6.31. The van der Waals surface area contributed by atoms with Gasteiger partial charge in [0.15, 0.2) is 0 Å². The second-order valence-corrected chi connectivity index (χ2v) is 9.34. The highest BCUT2D eigenvalue weighted by Gasteiger charge is 2.26. The summed E-state index contributed by atoms with van der Waals surface area (Å²) in [5.41, 5.74) is 8.24. The normalized spacial score (nSPS) is 15.5. The van der Waals surface area contributed by atoms with Gasteiger partial charge in [0.05, 0.1) is 5.69 Å². The van der Waals surface area contributed by atoms with Gasteiger partial charge in [0.2, 0.25) is 12.4 Å². The Morgan fingerprint density at radius 1 is 0.848 bits per heavy atom. The molecule has 2 heterocycles. The number of nitrogens with zero attached hydrogens (tertiary/aromatic N) is 2. The average molecular weight is 481 g/mol. The number of fused-ring (bicyclic) bond motifs is 2. The van der Waals surface area contributed by atoms with E-state index in [9.17, 15) is 10.0 Å². The van der Waals surface area contributed by atoms with Gasteiger partial charge in [-0.1, -0.05) is 40.9 Å². The van der Waals surface area contributed by atoms with E-state index in [1.807, 2.05) is 17.0 Å². The van der Waals surface area contributed by atoms with E-state index in [0.717, 1.165) is 40.5 Å². The standard InChI is InChI=1S/C26H23Cl2N3O2/c27-20-3-5-23-18(15-20)1-2-19-16-21(28)4-6-24(19)25(23)17-7-11-30(12-8-17)26(32)29-22-9-13-31(33)14-10-22/h3-6,9-10,13-16,33H,1-2,7-8,11-12H2/p+1. The second kappa shape index (κ2) is 9.08. The molecule has 3 aromatic rings. The van der Waals surface area contributed by atoms with Gasteiger partial charge in [0.1, 0.15) is 0 Å². The van der Waals surface area contributed by atoms with Gasteiger partial charge in [-0.25, -0.2) is 4.79 Å². The van der Waals surface area contributed by atoms with Crippen LogP contribution in [0.15, 0.2) is 66.5 Å². The van der Waals surface area contributed by atoms with Crippen LogP contribution in [-0.4, -0.2) is 29.2 Å². The molecule has 0 spiro atoms. The van der Waals surface area contributed by atoms with Crippen molar-refractivity contribution < 1.29 is 14.7 Å². The molecule has 1 fully saturated rings. The number of amides is 2. The molecule has 2 aromatic carbocycles. The number of likely N-dealkylation sites (tertiary alicyclic amines) is 1. The Labute approximate surface area is 202 Å². The molecule has 33 heavy (non-hydrogen) atoms. The number of rotatable bonds is 1. The van der Waals surface area contributed by atoms with Crippen molar-refractivity contribution in [3.8, 4) is 0 Å². The van der Waals surface area contributed by atoms with E-state index in [0.29, 0.717) is 18.8 Å². The number of carbonyl (C=O) groups is 1. The van der Waals surface area contributed by atoms with Gasteiger partial charge in [-0.2, -0.15) is 0 Å². The number of aryl methyl sites for hydroxylation is 2. The SMILES string of the molecule is O=C(Nc1cc[n+](O)cc1)N1CCC(=C2c3ccc(Cl)cc3CCc3cc(Cl)ccc32)CC1. The summed E-state index contributed by atoms with van der Waals surface area (Å²) in [4.78, 5) is 14.6. The highest BCUT2D eigenvalue weighted by atomic mass is 35.5. The summed E-state index contributed by atoms with van der Waals surface area (Å²) in [5.74, 6) is 0. The predicted molar refractivity (Wildman–Crippen MR) is 130 cm³/mol. The molecule has 7 heteroatoms. The lowest BCUT2D eigenvalue weighted by atomic mass is 9.86. The molecule has 5 nitrogen and oxygen atoms in total. The van der Waals surface area contributed by atoms with E-state index in [1.54, 1.807) is 12.1 Å². The monoisotopic (exact) mass is 480 g/mol. The Kier molecular flexibility index (Phi) is 6.00. The number of carbonyl (C=O) groups excluding carboxylic acids is 1. The van der Waals surface area contributed by atoms with Crippen molar-refractivity contribution in [2.75, 3.05) is 18.4 Å². The number of anilines is 1. The molecule has 1 aliphatic heterocycles. The molecule has 0 saturated carbocycles. The van der Waals surface area contributed by atoms with Gasteiger partial charge < -0.3 is 10.2 Å². The number of hydrogen-bond acceptors (Lipinski definition) is 2. The van der Waals surface area contributed by atoms with E-state index in [-0.39, 0.29) is 6.03 Å². The maximum absolute atomic E-state index is 12.8. The van der Waals surface area contributed by atoms with E-state index in [1.165, 1.54) is 45.8 Å². The van der Waals surface area contributed by atoms with Crippen molar-refractivity contribution in [3.63, 3.8) is 0 Å². The first-order valence-corrected chi connectivity index (χ1v) is 11.8. The fraction of sp³-hybridized carbons (Fsp3) is 0.231. The Morgan fingerprint density at radius 3 is 1.94 bits per heavy atom. The topological polar surface area (TPSA) is 56.5 Å². The number of piperidine rings is 1. The lowest BCUT2D eigenvalue weighted by Crippen LogP contribution is -2.39. The predicted octanol–water partition coefficient (Wildman–Crippen LogP) is 5.75. The quantitative estimate of drug-likeness (QED) is 0.344. The number of benzene rings is 2. The lowest BCUT2D eigenvalue weighted by molar-refractivity contribution is -0.904. The first-order chi connectivity index (χ1) is 16.0. The van der Waals surface area contributed by atoms with Gasteiger partial charge in [-0.15, -0.1) is 0 Å². The van der Waals surface area contributed by atoms with Crippen LogP contribution in [0.4, 0.5) is 10.5 Å². The lowest BCUT2D eigenvalue weighted by Gasteiger charge is -2.30. The molecular formula is C26H24Cl2N3O2+. The summed E-state index contributed by atoms with van der Waals surface area (Å²) in [5, 5.41) is 13.8. The molecular weight excluding hydrogens is 457 g/mol. The summed E-state index contributed by atoms with van der Waals surface area (Å²) in [6.07, 6.45) is 6.40. The van der Waals surface area contributed by atoms with Gasteiger partial charge in [0, 0.05) is 40.0 Å². The van der Waals surface area contributed by atoms with Gasteiger partial charge in [-0.05, 0) is 77.8 Å². The molecule has 5 rings (SSSR count). The molecule has 0 radical (unpaired) electrons. The summed E-state index contributed by atoms with van der Waals surface area (Å²) in [6, 6.07) is 15.5. The van der Waals surface area contributed by atoms with Crippen LogP contribution in [0.2, 0.25) is 10.0 Å². The van der Waals surface area contributed by atoms with Crippen LogP contribution in [0.1, 0.15) is 35.1 Å². The molecule has 1 aromatic heterocycles. The first kappa shape index (κ1) is 21.8. The van der Waals surface area contributed by atoms with Crippen LogP contribution >= 0.6 is 23.2 Å². The zero-order valence-electron chi connectivity index (χ0n) is 18.0. The fourth-order valence-corrected chi connectivity index (χ4v) is 5.14. The maximum Gasteiger partial charge on any atom is 0.321 e. The van der Waals surface area contributed by atoms with Crippen LogP contribution in [-0.2, 0) is 12.8 Å². The van der Waals surface area contributed by atoms with Gasteiger partial charge in [0.25, 0.3) is 0 Å². The molecule has 1 aliphatic carbocycles. The molecule has 0 unspecified atom stereocenters. The van der Waals surface area contributed by atoms with Crippen molar-refractivity contribution in [1.82, 2.24) is 4.90 Å². The molecule has 1 saturated heterocycles. The molecule has 2 aliphatic rings. The van der Waals surface area contributed by atoms with Crippen molar-refractivity contribution in [1.29, 1.82) is 0 Å². The van der Waals surface area contributed by atoms with Crippen molar-refractivity contribution >= 4 is 40.5 Å². The average Bonchev–Trinajstić information content (AvgIpc) is 2.97. The summed E-state index contributed by atoms with van der Waals surface area (Å²) in [6.45, 7) is 1.28. The number of pyridine rings is 1. The van der Waals surface area contributed by atoms with Crippen LogP contribution in [0, 0.1) is 0 Å². The van der Waals surface area contributed by atoms with E-state index in [2.05, 4.69) is 29.6 Å². The Balaban J connectivity index is 1.44. The van der Waals surface area contributed by atoms with E-state index in [4.69, 9.17) is 23.2 Å². The van der Waals surface area contributed by atoms with Crippen LogP contribution < -0.4 is 10.0 Å². The maximum atomic E-state index is 12.8. The minimum absolute atomic E-state index is 0.130. The van der Waals surface area contributed by atoms with Crippen LogP contribution in [0.3, 0.4) is 0 Å². The van der Waals surface area contributed by atoms with Crippen LogP contribution in [0.5, 0.6) is 0 Å². The fourth-order valence-electron chi connectivity index (χ4n) is 4.76. The number of aromatic nitrogens is 1. The van der Waals surface area contributed by atoms with Crippen molar-refractivity contribution in [2.24, 2.45) is 0 Å². The molecule has 168 valence electrons. The third kappa shape index (κ3) is 4.56. The van der Waals surface area contributed by atoms with Crippen LogP contribution in [0.25, 0.3) is 5.57 Å². The number of hydrogen-bond donors (Lipinski definition) is 2. The molecule has 2 N–H and O–H groups in total. The highest BCUT2D eigenvalue weighted by Crippen LogP contribution is 2.40. The van der Waals surface area contributed by atoms with E-state index >= 15 is 0 Å². The smallest absolute Gasteiger partial charge is 0.321 e. The second-order valence-electron chi connectivity index (χ2n) is 8.47. The molecule has 0 atom stereocenters. The van der Waals surface area contributed by atoms with Crippen molar-refractivity contribution in [3.05, 3.63) is 98.8 Å². The van der Waals surface area contributed by atoms with E-state index < -0.39 is 0 Å². The van der Waals surface area contributed by atoms with Crippen molar-refractivity contribution in [2.45, 2.75) is 25.7 Å². The largest absolute Gasteiger partial charge is 0.324 e. The minimum Gasteiger partial charge on any atom is -0.324 e. The zero-order valence-corrected chi connectivity index (χ0v) is 19.5. The zero-order chi connectivity index (χ0) is 22.9. The third-order valence-electron chi connectivity index (χ3n) is 6.41. The minimum atomic E-state index is -0.130. The number of nitrogens with one attached hydrogen (secondary N) is 1. The van der Waals surface area contributed by atoms with Gasteiger partial charge >= 0.3 is 6.03 Å². The number of halogens is 2. The summed E-state index contributed by atoms with van der Waals surface area (Å²) < 4.78 is 0.942. The summed E-state index contributed by atoms with van der Waals surface area (Å²) in [7, 11) is 0. The Morgan fingerprint density at radius 2 is 1.39 bits per heavy atom. The summed E-state index contributed by atoms with van der Waals surface area (Å²) >= 11 is 12.7. The third-order valence-corrected chi connectivity index (χ3v) is 6.88. The Hall–Kier alpha value is -3.02. The first-order valence-electron chi connectivity index (χ1n) is 11.0.